The average molecular weight is 248 g/mol. The van der Waals surface area contributed by atoms with Crippen LogP contribution in [0.3, 0.4) is 0 Å². The Kier molecular flexibility index (Phi) is 4.33. The fraction of sp³-hybridized carbons (Fsp3) is 0.500. The molecule has 1 aromatic rings. The summed E-state index contributed by atoms with van der Waals surface area (Å²) in [5, 5.41) is 15.2. The third kappa shape index (κ3) is 3.31. The Morgan fingerprint density at radius 1 is 1.44 bits per heavy atom. The minimum Gasteiger partial charge on any atom is -0.392 e. The number of amides is 1. The first kappa shape index (κ1) is 13.1. The molecule has 2 atom stereocenters. The van der Waals surface area contributed by atoms with E-state index in [0.29, 0.717) is 6.04 Å². The van der Waals surface area contributed by atoms with Gasteiger partial charge in [-0.25, -0.2) is 0 Å². The van der Waals surface area contributed by atoms with Gasteiger partial charge in [-0.1, -0.05) is 12.1 Å². The summed E-state index contributed by atoms with van der Waals surface area (Å²) in [6.07, 6.45) is 1.78. The van der Waals surface area contributed by atoms with Gasteiger partial charge in [0.15, 0.2) is 0 Å². The van der Waals surface area contributed by atoms with Crippen LogP contribution in [0.25, 0.3) is 0 Å². The summed E-state index contributed by atoms with van der Waals surface area (Å²) in [6.45, 7) is 3.04. The Hall–Kier alpha value is -1.39. The van der Waals surface area contributed by atoms with Crippen molar-refractivity contribution >= 4 is 11.6 Å². The van der Waals surface area contributed by atoms with E-state index in [2.05, 4.69) is 17.6 Å². The van der Waals surface area contributed by atoms with Gasteiger partial charge in [-0.05, 0) is 44.0 Å². The highest BCUT2D eigenvalue weighted by molar-refractivity contribution is 5.92. The normalized spacial score (nSPS) is 23.7. The maximum Gasteiger partial charge on any atom is 0.227 e. The van der Waals surface area contributed by atoms with Crippen molar-refractivity contribution in [2.75, 3.05) is 11.9 Å². The smallest absolute Gasteiger partial charge is 0.227 e. The third-order valence-corrected chi connectivity index (χ3v) is 3.40. The van der Waals surface area contributed by atoms with E-state index in [9.17, 15) is 4.79 Å². The first-order valence-electron chi connectivity index (χ1n) is 6.43. The Balaban J connectivity index is 1.93. The van der Waals surface area contributed by atoms with Crippen LogP contribution in [0.1, 0.15) is 25.3 Å². The highest BCUT2D eigenvalue weighted by atomic mass is 16.3. The molecule has 4 heteroatoms. The number of rotatable bonds is 3. The highest BCUT2D eigenvalue weighted by Crippen LogP contribution is 2.19. The number of aliphatic hydroxyl groups is 1. The molecule has 1 aromatic carbocycles. The Labute approximate surface area is 107 Å². The van der Waals surface area contributed by atoms with Crippen LogP contribution in [0.15, 0.2) is 24.3 Å². The van der Waals surface area contributed by atoms with E-state index in [1.165, 1.54) is 0 Å². The van der Waals surface area contributed by atoms with Crippen LogP contribution in [0, 0.1) is 5.92 Å². The average Bonchev–Trinajstić information content (AvgIpc) is 2.39. The van der Waals surface area contributed by atoms with E-state index in [1.807, 2.05) is 24.3 Å². The lowest BCUT2D eigenvalue weighted by atomic mass is 9.92. The van der Waals surface area contributed by atoms with Crippen LogP contribution in [0.5, 0.6) is 0 Å². The van der Waals surface area contributed by atoms with Crippen LogP contribution in [0.2, 0.25) is 0 Å². The third-order valence-electron chi connectivity index (χ3n) is 3.40. The van der Waals surface area contributed by atoms with Gasteiger partial charge in [0.2, 0.25) is 5.91 Å². The van der Waals surface area contributed by atoms with Crippen LogP contribution in [-0.2, 0) is 11.4 Å². The molecular weight excluding hydrogens is 228 g/mol. The molecule has 1 fully saturated rings. The van der Waals surface area contributed by atoms with Gasteiger partial charge in [-0.2, -0.15) is 0 Å². The summed E-state index contributed by atoms with van der Waals surface area (Å²) in [5.74, 6) is 0.193. The fourth-order valence-electron chi connectivity index (χ4n) is 2.31. The van der Waals surface area contributed by atoms with Crippen LogP contribution in [-0.4, -0.2) is 23.6 Å². The topological polar surface area (TPSA) is 61.4 Å². The van der Waals surface area contributed by atoms with E-state index in [1.54, 1.807) is 0 Å². The number of hydrogen-bond donors (Lipinski definition) is 3. The Morgan fingerprint density at radius 2 is 2.17 bits per heavy atom. The lowest BCUT2D eigenvalue weighted by Crippen LogP contribution is -2.40. The summed E-state index contributed by atoms with van der Waals surface area (Å²) in [4.78, 5) is 12.1. The Bertz CT molecular complexity index is 403. The molecule has 2 rings (SSSR count). The van der Waals surface area contributed by atoms with E-state index in [4.69, 9.17) is 5.11 Å². The van der Waals surface area contributed by atoms with Gasteiger partial charge in [-0.15, -0.1) is 0 Å². The molecule has 0 aromatic heterocycles. The number of carbonyl (C=O) groups is 1. The van der Waals surface area contributed by atoms with Crippen molar-refractivity contribution in [3.05, 3.63) is 29.8 Å². The quantitative estimate of drug-likeness (QED) is 0.759. The maximum absolute atomic E-state index is 12.1. The molecule has 1 heterocycles. The van der Waals surface area contributed by atoms with E-state index in [0.717, 1.165) is 30.6 Å². The standard InChI is InChI=1S/C14H20N2O2/c1-10-8-12(6-7-15-10)14(18)16-13-4-2-11(9-17)3-5-13/h2-5,10,12,15,17H,6-9H2,1H3,(H,16,18). The van der Waals surface area contributed by atoms with Crippen molar-refractivity contribution < 1.29 is 9.90 Å². The lowest BCUT2D eigenvalue weighted by molar-refractivity contribution is -0.120. The van der Waals surface area contributed by atoms with Crippen molar-refractivity contribution in [1.29, 1.82) is 0 Å². The van der Waals surface area contributed by atoms with Crippen LogP contribution < -0.4 is 10.6 Å². The zero-order chi connectivity index (χ0) is 13.0. The molecular formula is C14H20N2O2. The number of benzene rings is 1. The van der Waals surface area contributed by atoms with Crippen molar-refractivity contribution in [1.82, 2.24) is 5.32 Å². The van der Waals surface area contributed by atoms with E-state index >= 15 is 0 Å². The molecule has 4 nitrogen and oxygen atoms in total. The monoisotopic (exact) mass is 248 g/mol. The summed E-state index contributed by atoms with van der Waals surface area (Å²) in [7, 11) is 0. The molecule has 0 saturated carbocycles. The van der Waals surface area contributed by atoms with Crippen LogP contribution in [0.4, 0.5) is 5.69 Å². The zero-order valence-electron chi connectivity index (χ0n) is 10.6. The molecule has 1 aliphatic rings. The molecule has 1 amide bonds. The largest absolute Gasteiger partial charge is 0.392 e. The molecule has 3 N–H and O–H groups in total. The lowest BCUT2D eigenvalue weighted by Gasteiger charge is -2.27. The van der Waals surface area contributed by atoms with E-state index in [-0.39, 0.29) is 18.4 Å². The SMILES string of the molecule is CC1CC(C(=O)Nc2ccc(CO)cc2)CCN1. The number of hydrogen-bond acceptors (Lipinski definition) is 3. The van der Waals surface area contributed by atoms with Crippen molar-refractivity contribution in [3.63, 3.8) is 0 Å². The molecule has 2 unspecified atom stereocenters. The number of nitrogens with one attached hydrogen (secondary N) is 2. The fourth-order valence-corrected chi connectivity index (χ4v) is 2.31. The summed E-state index contributed by atoms with van der Waals surface area (Å²) < 4.78 is 0. The van der Waals surface area contributed by atoms with Crippen LogP contribution >= 0.6 is 0 Å². The zero-order valence-corrected chi connectivity index (χ0v) is 10.6. The second-order valence-corrected chi connectivity index (χ2v) is 4.92. The second kappa shape index (κ2) is 5.98. The maximum atomic E-state index is 12.1. The second-order valence-electron chi connectivity index (χ2n) is 4.92. The minimum absolute atomic E-state index is 0.0278. The van der Waals surface area contributed by atoms with E-state index < -0.39 is 0 Å². The van der Waals surface area contributed by atoms with Gasteiger partial charge in [0.25, 0.3) is 0 Å². The minimum atomic E-state index is 0.0278. The van der Waals surface area contributed by atoms with Crippen molar-refractivity contribution in [3.8, 4) is 0 Å². The van der Waals surface area contributed by atoms with Gasteiger partial charge >= 0.3 is 0 Å². The summed E-state index contributed by atoms with van der Waals surface area (Å²) in [6, 6.07) is 7.70. The number of aliphatic hydroxyl groups excluding tert-OH is 1. The molecule has 18 heavy (non-hydrogen) atoms. The first-order valence-corrected chi connectivity index (χ1v) is 6.43. The number of piperidine rings is 1. The summed E-state index contributed by atoms with van der Waals surface area (Å²) in [5.41, 5.74) is 1.65. The number of anilines is 1. The first-order chi connectivity index (χ1) is 8.69. The predicted molar refractivity (Wildman–Crippen MR) is 71.2 cm³/mol. The molecule has 98 valence electrons. The van der Waals surface area contributed by atoms with Gasteiger partial charge < -0.3 is 15.7 Å². The van der Waals surface area contributed by atoms with Gasteiger partial charge in [-0.3, -0.25) is 4.79 Å². The van der Waals surface area contributed by atoms with Gasteiger partial charge in [0.1, 0.15) is 0 Å². The van der Waals surface area contributed by atoms with Crippen molar-refractivity contribution in [2.45, 2.75) is 32.4 Å². The molecule has 0 radical (unpaired) electrons. The highest BCUT2D eigenvalue weighted by Gasteiger charge is 2.24. The molecule has 1 aliphatic heterocycles. The summed E-state index contributed by atoms with van der Waals surface area (Å²) >= 11 is 0. The molecule has 0 spiro atoms. The Morgan fingerprint density at radius 3 is 2.78 bits per heavy atom. The molecule has 0 aliphatic carbocycles. The molecule has 1 saturated heterocycles. The number of carbonyl (C=O) groups excluding carboxylic acids is 1. The van der Waals surface area contributed by atoms with Gasteiger partial charge in [0, 0.05) is 17.6 Å². The van der Waals surface area contributed by atoms with Gasteiger partial charge in [0.05, 0.1) is 6.61 Å². The van der Waals surface area contributed by atoms with Crippen molar-refractivity contribution in [2.24, 2.45) is 5.92 Å². The molecule has 0 bridgehead atoms. The predicted octanol–water partition coefficient (Wildman–Crippen LogP) is 1.51.